The summed E-state index contributed by atoms with van der Waals surface area (Å²) in [5.41, 5.74) is 4.32. The second-order valence-electron chi connectivity index (χ2n) is 4.28. The maximum absolute atomic E-state index is 11.7. The van der Waals surface area contributed by atoms with Gasteiger partial charge in [-0.15, -0.1) is 0 Å². The SMILES string of the molecule is O=C(COc1ccccc1O)NNC(=O)c1ccccc1O. The highest BCUT2D eigenvalue weighted by atomic mass is 16.5. The number of hydrogen-bond acceptors (Lipinski definition) is 5. The van der Waals surface area contributed by atoms with Crippen LogP contribution in [0.4, 0.5) is 0 Å². The highest BCUT2D eigenvalue weighted by Gasteiger charge is 2.11. The maximum Gasteiger partial charge on any atom is 0.276 e. The normalized spacial score (nSPS) is 9.82. The molecule has 0 spiro atoms. The Morgan fingerprint density at radius 1 is 0.909 bits per heavy atom. The summed E-state index contributed by atoms with van der Waals surface area (Å²) in [6.07, 6.45) is 0. The molecule has 2 aromatic rings. The Morgan fingerprint density at radius 2 is 1.55 bits per heavy atom. The number of ether oxygens (including phenoxy) is 1. The summed E-state index contributed by atoms with van der Waals surface area (Å²) < 4.78 is 5.10. The number of nitrogens with one attached hydrogen (secondary N) is 2. The second kappa shape index (κ2) is 6.98. The predicted molar refractivity (Wildman–Crippen MR) is 77.3 cm³/mol. The van der Waals surface area contributed by atoms with E-state index < -0.39 is 18.4 Å². The van der Waals surface area contributed by atoms with E-state index in [0.29, 0.717) is 0 Å². The van der Waals surface area contributed by atoms with E-state index in [1.54, 1.807) is 24.3 Å². The summed E-state index contributed by atoms with van der Waals surface area (Å²) in [4.78, 5) is 23.3. The van der Waals surface area contributed by atoms with Gasteiger partial charge in [0.05, 0.1) is 5.56 Å². The van der Waals surface area contributed by atoms with Crippen LogP contribution in [0.3, 0.4) is 0 Å². The number of para-hydroxylation sites is 3. The van der Waals surface area contributed by atoms with Crippen molar-refractivity contribution in [3.63, 3.8) is 0 Å². The third kappa shape index (κ3) is 3.89. The minimum absolute atomic E-state index is 0.0319. The summed E-state index contributed by atoms with van der Waals surface area (Å²) >= 11 is 0. The average Bonchev–Trinajstić information content (AvgIpc) is 2.52. The molecule has 0 unspecified atom stereocenters. The van der Waals surface area contributed by atoms with Crippen molar-refractivity contribution in [2.45, 2.75) is 0 Å². The quantitative estimate of drug-likeness (QED) is 0.629. The van der Waals surface area contributed by atoms with E-state index >= 15 is 0 Å². The average molecular weight is 302 g/mol. The van der Waals surface area contributed by atoms with Gasteiger partial charge in [0.2, 0.25) is 0 Å². The number of carbonyl (C=O) groups is 2. The molecule has 7 nitrogen and oxygen atoms in total. The van der Waals surface area contributed by atoms with Crippen molar-refractivity contribution >= 4 is 11.8 Å². The van der Waals surface area contributed by atoms with Gasteiger partial charge in [0.15, 0.2) is 18.1 Å². The molecule has 7 heteroatoms. The monoisotopic (exact) mass is 302 g/mol. The number of rotatable bonds is 4. The molecule has 0 atom stereocenters. The van der Waals surface area contributed by atoms with Gasteiger partial charge in [-0.05, 0) is 24.3 Å². The molecular formula is C15H14N2O5. The van der Waals surface area contributed by atoms with Crippen LogP contribution in [-0.2, 0) is 4.79 Å². The maximum atomic E-state index is 11.7. The number of carbonyl (C=O) groups excluding carboxylic acids is 2. The van der Waals surface area contributed by atoms with E-state index in [1.807, 2.05) is 0 Å². The lowest BCUT2D eigenvalue weighted by Crippen LogP contribution is -2.43. The molecule has 0 radical (unpaired) electrons. The first-order chi connectivity index (χ1) is 10.6. The smallest absolute Gasteiger partial charge is 0.276 e. The van der Waals surface area contributed by atoms with Crippen LogP contribution in [0.5, 0.6) is 17.2 Å². The number of amides is 2. The summed E-state index contributed by atoms with van der Waals surface area (Å²) in [7, 11) is 0. The fourth-order valence-corrected chi connectivity index (χ4v) is 1.62. The molecule has 22 heavy (non-hydrogen) atoms. The number of hydrogen-bond donors (Lipinski definition) is 4. The molecule has 0 fully saturated rings. The molecule has 2 rings (SSSR count). The molecule has 0 aliphatic carbocycles. The molecule has 0 bridgehead atoms. The minimum Gasteiger partial charge on any atom is -0.507 e. The summed E-state index contributed by atoms with van der Waals surface area (Å²) in [5.74, 6) is -1.40. The number of phenolic OH excluding ortho intramolecular Hbond substituents is 2. The van der Waals surface area contributed by atoms with Crippen LogP contribution in [0.1, 0.15) is 10.4 Å². The van der Waals surface area contributed by atoms with E-state index in [2.05, 4.69) is 10.9 Å². The van der Waals surface area contributed by atoms with Crippen molar-refractivity contribution in [2.24, 2.45) is 0 Å². The van der Waals surface area contributed by atoms with Crippen molar-refractivity contribution in [1.29, 1.82) is 0 Å². The van der Waals surface area contributed by atoms with Gasteiger partial charge in [-0.2, -0.15) is 0 Å². The Morgan fingerprint density at radius 3 is 2.23 bits per heavy atom. The van der Waals surface area contributed by atoms with Crippen molar-refractivity contribution in [1.82, 2.24) is 10.9 Å². The number of benzene rings is 2. The van der Waals surface area contributed by atoms with Crippen molar-refractivity contribution < 1.29 is 24.5 Å². The van der Waals surface area contributed by atoms with E-state index in [4.69, 9.17) is 4.74 Å². The molecular weight excluding hydrogens is 288 g/mol. The molecule has 2 amide bonds. The van der Waals surface area contributed by atoms with Crippen LogP contribution in [-0.4, -0.2) is 28.6 Å². The van der Waals surface area contributed by atoms with Gasteiger partial charge < -0.3 is 14.9 Å². The summed E-state index contributed by atoms with van der Waals surface area (Å²) in [6, 6.07) is 12.1. The fourth-order valence-electron chi connectivity index (χ4n) is 1.62. The zero-order chi connectivity index (χ0) is 15.9. The third-order valence-electron chi connectivity index (χ3n) is 2.69. The molecule has 2 aromatic carbocycles. The number of hydrazine groups is 1. The summed E-state index contributed by atoms with van der Waals surface area (Å²) in [5, 5.41) is 19.0. The van der Waals surface area contributed by atoms with Crippen molar-refractivity contribution in [3.8, 4) is 17.2 Å². The highest BCUT2D eigenvalue weighted by molar-refractivity contribution is 5.97. The number of phenols is 2. The van der Waals surface area contributed by atoms with Crippen LogP contribution in [0.2, 0.25) is 0 Å². The predicted octanol–water partition coefficient (Wildman–Crippen LogP) is 0.938. The Hall–Kier alpha value is -3.22. The Kier molecular flexibility index (Phi) is 4.81. The van der Waals surface area contributed by atoms with Gasteiger partial charge >= 0.3 is 0 Å². The van der Waals surface area contributed by atoms with Crippen LogP contribution < -0.4 is 15.6 Å². The first kappa shape index (κ1) is 15.2. The Balaban J connectivity index is 1.82. The van der Waals surface area contributed by atoms with Gasteiger partial charge in [-0.1, -0.05) is 24.3 Å². The standard InChI is InChI=1S/C15H14N2O5/c18-11-6-2-1-5-10(11)15(21)17-16-14(20)9-22-13-8-4-3-7-12(13)19/h1-8,18-19H,9H2,(H,16,20)(H,17,21). The van der Waals surface area contributed by atoms with Gasteiger partial charge in [0.25, 0.3) is 11.8 Å². The van der Waals surface area contributed by atoms with Gasteiger partial charge in [0, 0.05) is 0 Å². The molecule has 0 aliphatic heterocycles. The Labute approximate surface area is 126 Å². The lowest BCUT2D eigenvalue weighted by molar-refractivity contribution is -0.123. The summed E-state index contributed by atoms with van der Waals surface area (Å²) in [6.45, 7) is -0.390. The number of aromatic hydroxyl groups is 2. The lowest BCUT2D eigenvalue weighted by atomic mass is 10.2. The fraction of sp³-hybridized carbons (Fsp3) is 0.0667. The molecule has 0 saturated carbocycles. The lowest BCUT2D eigenvalue weighted by Gasteiger charge is -2.10. The molecule has 0 aliphatic rings. The van der Waals surface area contributed by atoms with Crippen LogP contribution in [0.25, 0.3) is 0 Å². The van der Waals surface area contributed by atoms with Crippen molar-refractivity contribution in [3.05, 3.63) is 54.1 Å². The van der Waals surface area contributed by atoms with Gasteiger partial charge in [-0.25, -0.2) is 0 Å². The van der Waals surface area contributed by atoms with Gasteiger partial charge in [-0.3, -0.25) is 20.4 Å². The highest BCUT2D eigenvalue weighted by Crippen LogP contribution is 2.23. The first-order valence-electron chi connectivity index (χ1n) is 6.36. The molecule has 0 aromatic heterocycles. The topological polar surface area (TPSA) is 108 Å². The van der Waals surface area contributed by atoms with Crippen LogP contribution in [0.15, 0.2) is 48.5 Å². The van der Waals surface area contributed by atoms with E-state index in [1.165, 1.54) is 24.3 Å². The first-order valence-corrected chi connectivity index (χ1v) is 6.36. The molecule has 0 saturated heterocycles. The minimum atomic E-state index is -0.658. The van der Waals surface area contributed by atoms with E-state index in [0.717, 1.165) is 0 Å². The van der Waals surface area contributed by atoms with Crippen LogP contribution >= 0.6 is 0 Å². The molecule has 4 N–H and O–H groups in total. The Bertz CT molecular complexity index is 687. The van der Waals surface area contributed by atoms with E-state index in [9.17, 15) is 19.8 Å². The van der Waals surface area contributed by atoms with Gasteiger partial charge in [0.1, 0.15) is 5.75 Å². The van der Waals surface area contributed by atoms with E-state index in [-0.39, 0.29) is 22.8 Å². The zero-order valence-electron chi connectivity index (χ0n) is 11.4. The molecule has 0 heterocycles. The van der Waals surface area contributed by atoms with Crippen molar-refractivity contribution in [2.75, 3.05) is 6.61 Å². The molecule has 114 valence electrons. The zero-order valence-corrected chi connectivity index (χ0v) is 11.4. The third-order valence-corrected chi connectivity index (χ3v) is 2.69. The van der Waals surface area contributed by atoms with Crippen LogP contribution in [0, 0.1) is 0 Å². The second-order valence-corrected chi connectivity index (χ2v) is 4.28. The largest absolute Gasteiger partial charge is 0.507 e.